The van der Waals surface area contributed by atoms with Crippen LogP contribution >= 0.6 is 0 Å². The molecule has 8 nitrogen and oxygen atoms in total. The third-order valence-electron chi connectivity index (χ3n) is 2.79. The first-order valence-electron chi connectivity index (χ1n) is 6.44. The van der Waals surface area contributed by atoms with E-state index in [0.29, 0.717) is 6.07 Å². The zero-order valence-corrected chi connectivity index (χ0v) is 11.8. The number of aromatic nitrogens is 6. The number of amides is 1. The molecule has 0 spiro atoms. The molecule has 0 bridgehead atoms. The Hall–Kier alpha value is -3.37. The molecule has 24 heavy (non-hydrogen) atoms. The molecule has 0 radical (unpaired) electrons. The second kappa shape index (κ2) is 6.02. The van der Waals surface area contributed by atoms with Crippen LogP contribution < -0.4 is 5.32 Å². The van der Waals surface area contributed by atoms with Gasteiger partial charge in [-0.25, -0.2) is 24.9 Å². The van der Waals surface area contributed by atoms with Crippen molar-refractivity contribution in [2.45, 2.75) is 6.18 Å². The number of nitrogens with zero attached hydrogens (tertiary/aromatic N) is 6. The Morgan fingerprint density at radius 1 is 1.12 bits per heavy atom. The van der Waals surface area contributed by atoms with Gasteiger partial charge < -0.3 is 5.32 Å². The monoisotopic (exact) mass is 335 g/mol. The van der Waals surface area contributed by atoms with Gasteiger partial charge >= 0.3 is 6.18 Å². The van der Waals surface area contributed by atoms with Crippen LogP contribution in [0.3, 0.4) is 0 Å². The standard InChI is InChI=1S/C13H8F3N7O/c14-13(15,16)10-3-9(11(24)20-8-4-18-6-19-5-8)21-12(22-10)23-2-1-17-7-23/h1-7H,(H,20,24). The summed E-state index contributed by atoms with van der Waals surface area (Å²) in [6.45, 7) is 0. The first-order chi connectivity index (χ1) is 11.4. The Bertz CT molecular complexity index is 850. The molecule has 0 saturated heterocycles. The largest absolute Gasteiger partial charge is 0.433 e. The summed E-state index contributed by atoms with van der Waals surface area (Å²) in [5.41, 5.74) is -1.47. The normalized spacial score (nSPS) is 11.3. The van der Waals surface area contributed by atoms with Crippen LogP contribution in [0.1, 0.15) is 16.2 Å². The van der Waals surface area contributed by atoms with Gasteiger partial charge in [0, 0.05) is 18.5 Å². The minimum Gasteiger partial charge on any atom is -0.318 e. The molecule has 0 atom stereocenters. The highest BCUT2D eigenvalue weighted by atomic mass is 19.4. The average Bonchev–Trinajstić information content (AvgIpc) is 3.09. The highest BCUT2D eigenvalue weighted by Crippen LogP contribution is 2.28. The first-order valence-corrected chi connectivity index (χ1v) is 6.44. The van der Waals surface area contributed by atoms with Crippen LogP contribution in [-0.2, 0) is 6.18 Å². The van der Waals surface area contributed by atoms with Crippen molar-refractivity contribution in [2.24, 2.45) is 0 Å². The smallest absolute Gasteiger partial charge is 0.318 e. The molecule has 0 aromatic carbocycles. The van der Waals surface area contributed by atoms with Crippen molar-refractivity contribution in [1.82, 2.24) is 29.5 Å². The molecular weight excluding hydrogens is 327 g/mol. The van der Waals surface area contributed by atoms with Crippen LogP contribution in [0.25, 0.3) is 5.95 Å². The molecule has 3 aromatic heterocycles. The van der Waals surface area contributed by atoms with E-state index in [1.165, 1.54) is 37.4 Å². The van der Waals surface area contributed by atoms with Crippen molar-refractivity contribution in [3.05, 3.63) is 54.9 Å². The summed E-state index contributed by atoms with van der Waals surface area (Å²) in [7, 11) is 0. The van der Waals surface area contributed by atoms with Gasteiger partial charge in [-0.2, -0.15) is 13.2 Å². The van der Waals surface area contributed by atoms with Crippen LogP contribution in [0.2, 0.25) is 0 Å². The topological polar surface area (TPSA) is 98.5 Å². The van der Waals surface area contributed by atoms with Gasteiger partial charge in [0.15, 0.2) is 5.69 Å². The summed E-state index contributed by atoms with van der Waals surface area (Å²) in [6.07, 6.45) is 3.05. The van der Waals surface area contributed by atoms with Crippen molar-refractivity contribution in [3.8, 4) is 5.95 Å². The minimum atomic E-state index is -4.73. The minimum absolute atomic E-state index is 0.221. The quantitative estimate of drug-likeness (QED) is 0.782. The molecule has 3 rings (SSSR count). The van der Waals surface area contributed by atoms with Gasteiger partial charge in [-0.3, -0.25) is 9.36 Å². The van der Waals surface area contributed by atoms with Gasteiger partial charge in [0.05, 0.1) is 18.1 Å². The lowest BCUT2D eigenvalue weighted by Crippen LogP contribution is -2.19. The Morgan fingerprint density at radius 3 is 2.50 bits per heavy atom. The molecule has 0 aliphatic rings. The molecule has 0 aliphatic carbocycles. The van der Waals surface area contributed by atoms with Gasteiger partial charge in [-0.1, -0.05) is 0 Å². The molecule has 0 aliphatic heterocycles. The van der Waals surface area contributed by atoms with E-state index < -0.39 is 23.5 Å². The second-order valence-corrected chi connectivity index (χ2v) is 4.49. The van der Waals surface area contributed by atoms with Gasteiger partial charge in [0.2, 0.25) is 5.95 Å². The number of hydrogen-bond donors (Lipinski definition) is 1. The number of halogens is 3. The maximum absolute atomic E-state index is 13.0. The van der Waals surface area contributed by atoms with E-state index in [1.807, 2.05) is 0 Å². The molecule has 1 amide bonds. The van der Waals surface area contributed by atoms with E-state index in [4.69, 9.17) is 0 Å². The van der Waals surface area contributed by atoms with E-state index in [0.717, 1.165) is 4.57 Å². The number of nitrogens with one attached hydrogen (secondary N) is 1. The number of anilines is 1. The number of carbonyl (C=O) groups is 1. The van der Waals surface area contributed by atoms with Crippen LogP contribution in [0.15, 0.2) is 43.5 Å². The van der Waals surface area contributed by atoms with E-state index in [-0.39, 0.29) is 11.6 Å². The van der Waals surface area contributed by atoms with E-state index in [1.54, 1.807) is 0 Å². The zero-order chi connectivity index (χ0) is 17.2. The lowest BCUT2D eigenvalue weighted by Gasteiger charge is -2.10. The van der Waals surface area contributed by atoms with Gasteiger partial charge in [0.1, 0.15) is 18.3 Å². The van der Waals surface area contributed by atoms with Crippen LogP contribution in [-0.4, -0.2) is 35.4 Å². The SMILES string of the molecule is O=C(Nc1cncnc1)c1cc(C(F)(F)F)nc(-n2ccnc2)n1. The lowest BCUT2D eigenvalue weighted by atomic mass is 10.3. The molecule has 3 heterocycles. The van der Waals surface area contributed by atoms with Crippen molar-refractivity contribution in [2.75, 3.05) is 5.32 Å². The summed E-state index contributed by atoms with van der Waals surface area (Å²) in [5, 5.41) is 2.36. The molecule has 1 N–H and O–H groups in total. The molecule has 122 valence electrons. The number of carbonyl (C=O) groups excluding carboxylic acids is 1. The van der Waals surface area contributed by atoms with E-state index >= 15 is 0 Å². The van der Waals surface area contributed by atoms with Gasteiger partial charge in [0.25, 0.3) is 5.91 Å². The first kappa shape index (κ1) is 15.5. The molecule has 0 saturated carbocycles. The van der Waals surface area contributed by atoms with Crippen LogP contribution in [0, 0.1) is 0 Å². The van der Waals surface area contributed by atoms with Crippen molar-refractivity contribution >= 4 is 11.6 Å². The third kappa shape index (κ3) is 3.34. The number of alkyl halides is 3. The fraction of sp³-hybridized carbons (Fsp3) is 0.0769. The number of imidazole rings is 1. The molecule has 3 aromatic rings. The maximum atomic E-state index is 13.0. The molecule has 0 unspecified atom stereocenters. The summed E-state index contributed by atoms with van der Waals surface area (Å²) in [5.74, 6) is -1.17. The Morgan fingerprint density at radius 2 is 1.88 bits per heavy atom. The van der Waals surface area contributed by atoms with Gasteiger partial charge in [-0.15, -0.1) is 0 Å². The molecular formula is C13H8F3N7O. The van der Waals surface area contributed by atoms with Crippen LogP contribution in [0.4, 0.5) is 18.9 Å². The van der Waals surface area contributed by atoms with Crippen LogP contribution in [0.5, 0.6) is 0 Å². The van der Waals surface area contributed by atoms with E-state index in [9.17, 15) is 18.0 Å². The van der Waals surface area contributed by atoms with Crippen molar-refractivity contribution in [1.29, 1.82) is 0 Å². The molecule has 0 fully saturated rings. The Balaban J connectivity index is 2.00. The predicted octanol–water partition coefficient (Wildman–Crippen LogP) is 1.72. The van der Waals surface area contributed by atoms with Crippen molar-refractivity contribution in [3.63, 3.8) is 0 Å². The van der Waals surface area contributed by atoms with Crippen molar-refractivity contribution < 1.29 is 18.0 Å². The lowest BCUT2D eigenvalue weighted by molar-refractivity contribution is -0.141. The maximum Gasteiger partial charge on any atom is 0.433 e. The van der Waals surface area contributed by atoms with E-state index in [2.05, 4.69) is 30.2 Å². The second-order valence-electron chi connectivity index (χ2n) is 4.49. The fourth-order valence-electron chi connectivity index (χ4n) is 1.75. The third-order valence-corrected chi connectivity index (χ3v) is 2.79. The highest BCUT2D eigenvalue weighted by Gasteiger charge is 2.34. The summed E-state index contributed by atoms with van der Waals surface area (Å²) < 4.78 is 40.2. The Labute approximate surface area is 132 Å². The average molecular weight is 335 g/mol. The predicted molar refractivity (Wildman–Crippen MR) is 74.1 cm³/mol. The number of hydrogen-bond acceptors (Lipinski definition) is 6. The highest BCUT2D eigenvalue weighted by molar-refractivity contribution is 6.02. The molecule has 11 heteroatoms. The van der Waals surface area contributed by atoms with Gasteiger partial charge in [-0.05, 0) is 0 Å². The summed E-state index contributed by atoms with van der Waals surface area (Å²) in [6, 6.07) is 0.569. The fourth-order valence-corrected chi connectivity index (χ4v) is 1.75. The summed E-state index contributed by atoms with van der Waals surface area (Å²) in [4.78, 5) is 30.5. The number of rotatable bonds is 3. The summed E-state index contributed by atoms with van der Waals surface area (Å²) >= 11 is 0. The Kier molecular flexibility index (Phi) is 3.90. The zero-order valence-electron chi connectivity index (χ0n) is 11.8.